The van der Waals surface area contributed by atoms with E-state index in [0.29, 0.717) is 17.6 Å². The zero-order valence-electron chi connectivity index (χ0n) is 9.70. The summed E-state index contributed by atoms with van der Waals surface area (Å²) >= 11 is 3.23. The Morgan fingerprint density at radius 1 is 1.16 bits per heavy atom. The molecular weight excluding hydrogens is 318 g/mol. The van der Waals surface area contributed by atoms with Gasteiger partial charge >= 0.3 is 0 Å². The van der Waals surface area contributed by atoms with Gasteiger partial charge in [0.1, 0.15) is 24.0 Å². The Hall–Kier alpha value is -1.75. The first-order valence-corrected chi connectivity index (χ1v) is 6.21. The Balaban J connectivity index is 2.18. The Bertz CT molecular complexity index is 614. The number of hydrogen-bond acceptors (Lipinski definition) is 2. The molecule has 0 heterocycles. The minimum atomic E-state index is -0.550. The van der Waals surface area contributed by atoms with Crippen LogP contribution >= 0.6 is 15.9 Å². The molecule has 2 aromatic carbocycles. The third kappa shape index (κ3) is 3.38. The van der Waals surface area contributed by atoms with Crippen molar-refractivity contribution in [2.24, 2.45) is 0 Å². The number of aldehydes is 1. The third-order valence-corrected chi connectivity index (χ3v) is 2.98. The van der Waals surface area contributed by atoms with E-state index in [9.17, 15) is 13.6 Å². The van der Waals surface area contributed by atoms with Crippen molar-refractivity contribution in [1.29, 1.82) is 0 Å². The zero-order chi connectivity index (χ0) is 13.8. The van der Waals surface area contributed by atoms with Crippen molar-refractivity contribution >= 4 is 22.2 Å². The van der Waals surface area contributed by atoms with Gasteiger partial charge in [-0.15, -0.1) is 0 Å². The Labute approximate surface area is 117 Å². The van der Waals surface area contributed by atoms with Crippen LogP contribution in [-0.4, -0.2) is 6.29 Å². The smallest absolute Gasteiger partial charge is 0.153 e. The van der Waals surface area contributed by atoms with Gasteiger partial charge in [-0.3, -0.25) is 4.79 Å². The zero-order valence-corrected chi connectivity index (χ0v) is 11.3. The van der Waals surface area contributed by atoms with Crippen molar-refractivity contribution in [3.05, 3.63) is 63.6 Å². The molecule has 0 aliphatic rings. The van der Waals surface area contributed by atoms with E-state index in [0.717, 1.165) is 22.7 Å². The van der Waals surface area contributed by atoms with Crippen LogP contribution in [0.15, 0.2) is 40.9 Å². The lowest BCUT2D eigenvalue weighted by Gasteiger charge is -2.09. The van der Waals surface area contributed by atoms with E-state index in [-0.39, 0.29) is 12.2 Å². The van der Waals surface area contributed by atoms with E-state index in [1.807, 2.05) is 0 Å². The summed E-state index contributed by atoms with van der Waals surface area (Å²) in [5, 5.41) is 0. The van der Waals surface area contributed by atoms with Crippen LogP contribution < -0.4 is 4.74 Å². The van der Waals surface area contributed by atoms with Crippen LogP contribution in [-0.2, 0) is 6.61 Å². The van der Waals surface area contributed by atoms with Crippen LogP contribution in [0.4, 0.5) is 8.78 Å². The lowest BCUT2D eigenvalue weighted by Crippen LogP contribution is -2.01. The molecule has 0 bridgehead atoms. The molecule has 2 aromatic rings. The van der Waals surface area contributed by atoms with Gasteiger partial charge in [-0.2, -0.15) is 0 Å². The maximum Gasteiger partial charge on any atom is 0.153 e. The predicted octanol–water partition coefficient (Wildman–Crippen LogP) is 4.12. The summed E-state index contributed by atoms with van der Waals surface area (Å²) in [6.45, 7) is -0.147. The van der Waals surface area contributed by atoms with Crippen molar-refractivity contribution in [2.45, 2.75) is 6.61 Å². The fourth-order valence-electron chi connectivity index (χ4n) is 1.55. The van der Waals surface area contributed by atoms with Crippen LogP contribution in [0.25, 0.3) is 0 Å². The van der Waals surface area contributed by atoms with Crippen LogP contribution in [0, 0.1) is 11.6 Å². The van der Waals surface area contributed by atoms with Gasteiger partial charge in [0.15, 0.2) is 6.29 Å². The van der Waals surface area contributed by atoms with Crippen molar-refractivity contribution in [1.82, 2.24) is 0 Å². The molecule has 0 amide bonds. The maximum atomic E-state index is 13.4. The molecule has 0 spiro atoms. The molecule has 98 valence electrons. The standard InChI is InChI=1S/C14H9BrF2O2/c15-11-1-4-14(9(5-11)7-18)19-8-10-6-12(16)2-3-13(10)17/h1-7H,8H2. The molecule has 0 radical (unpaired) electrons. The first-order chi connectivity index (χ1) is 9.10. The Morgan fingerprint density at radius 2 is 1.95 bits per heavy atom. The van der Waals surface area contributed by atoms with E-state index < -0.39 is 11.6 Å². The van der Waals surface area contributed by atoms with Crippen LogP contribution in [0.3, 0.4) is 0 Å². The normalized spacial score (nSPS) is 10.3. The number of halogens is 3. The number of hydrogen-bond donors (Lipinski definition) is 0. The van der Waals surface area contributed by atoms with Gasteiger partial charge in [0.2, 0.25) is 0 Å². The lowest BCUT2D eigenvalue weighted by molar-refractivity contribution is 0.111. The average molecular weight is 327 g/mol. The summed E-state index contributed by atoms with van der Waals surface area (Å²) in [5.41, 5.74) is 0.436. The van der Waals surface area contributed by atoms with Gasteiger partial charge in [-0.05, 0) is 36.4 Å². The third-order valence-electron chi connectivity index (χ3n) is 2.49. The molecule has 0 aromatic heterocycles. The lowest BCUT2D eigenvalue weighted by atomic mass is 10.2. The molecule has 19 heavy (non-hydrogen) atoms. The number of rotatable bonds is 4. The molecule has 0 fully saturated rings. The fraction of sp³-hybridized carbons (Fsp3) is 0.0714. The highest BCUT2D eigenvalue weighted by atomic mass is 79.9. The number of benzene rings is 2. The van der Waals surface area contributed by atoms with E-state index in [4.69, 9.17) is 4.74 Å². The second-order valence-electron chi connectivity index (χ2n) is 3.82. The van der Waals surface area contributed by atoms with E-state index in [2.05, 4.69) is 15.9 Å². The molecule has 5 heteroatoms. The molecule has 0 saturated heterocycles. The summed E-state index contributed by atoms with van der Waals surface area (Å²) in [4.78, 5) is 10.9. The SMILES string of the molecule is O=Cc1cc(Br)ccc1OCc1cc(F)ccc1F. The molecule has 0 atom stereocenters. The maximum absolute atomic E-state index is 13.4. The summed E-state index contributed by atoms with van der Waals surface area (Å²) < 4.78 is 32.5. The van der Waals surface area contributed by atoms with Crippen molar-refractivity contribution in [3.8, 4) is 5.75 Å². The first kappa shape index (κ1) is 13.7. The van der Waals surface area contributed by atoms with E-state index in [1.165, 1.54) is 0 Å². The minimum absolute atomic E-state index is 0.0970. The van der Waals surface area contributed by atoms with Gasteiger partial charge < -0.3 is 4.74 Å². The summed E-state index contributed by atoms with van der Waals surface area (Å²) in [6, 6.07) is 8.01. The second-order valence-corrected chi connectivity index (χ2v) is 4.74. The fourth-order valence-corrected chi connectivity index (χ4v) is 1.93. The molecule has 0 aliphatic carbocycles. The highest BCUT2D eigenvalue weighted by molar-refractivity contribution is 9.10. The van der Waals surface area contributed by atoms with Crippen molar-refractivity contribution in [2.75, 3.05) is 0 Å². The first-order valence-electron chi connectivity index (χ1n) is 5.41. The molecule has 2 nitrogen and oxygen atoms in total. The van der Waals surface area contributed by atoms with E-state index in [1.54, 1.807) is 18.2 Å². The highest BCUT2D eigenvalue weighted by Gasteiger charge is 2.07. The second kappa shape index (κ2) is 5.93. The van der Waals surface area contributed by atoms with Crippen LogP contribution in [0.2, 0.25) is 0 Å². The summed E-state index contributed by atoms with van der Waals surface area (Å²) in [5.74, 6) is -0.764. The largest absolute Gasteiger partial charge is 0.488 e. The monoisotopic (exact) mass is 326 g/mol. The molecule has 0 unspecified atom stereocenters. The number of ether oxygens (including phenoxy) is 1. The van der Waals surface area contributed by atoms with Crippen LogP contribution in [0.1, 0.15) is 15.9 Å². The predicted molar refractivity (Wildman–Crippen MR) is 70.2 cm³/mol. The highest BCUT2D eigenvalue weighted by Crippen LogP contribution is 2.23. The van der Waals surface area contributed by atoms with Gasteiger partial charge in [0.05, 0.1) is 5.56 Å². The number of carbonyl (C=O) groups excluding carboxylic acids is 1. The molecular formula is C14H9BrF2O2. The molecule has 0 N–H and O–H groups in total. The number of carbonyl (C=O) groups is 1. The topological polar surface area (TPSA) is 26.3 Å². The van der Waals surface area contributed by atoms with Gasteiger partial charge in [0.25, 0.3) is 0 Å². The Kier molecular flexibility index (Phi) is 4.27. The molecule has 2 rings (SSSR count). The van der Waals surface area contributed by atoms with E-state index >= 15 is 0 Å². The van der Waals surface area contributed by atoms with Crippen molar-refractivity contribution in [3.63, 3.8) is 0 Å². The van der Waals surface area contributed by atoms with Gasteiger partial charge in [-0.25, -0.2) is 8.78 Å². The minimum Gasteiger partial charge on any atom is -0.488 e. The quantitative estimate of drug-likeness (QED) is 0.790. The van der Waals surface area contributed by atoms with Crippen LogP contribution in [0.5, 0.6) is 5.75 Å². The van der Waals surface area contributed by atoms with Crippen molar-refractivity contribution < 1.29 is 18.3 Å². The summed E-state index contributed by atoms with van der Waals surface area (Å²) in [6.07, 6.45) is 0.641. The molecule has 0 aliphatic heterocycles. The van der Waals surface area contributed by atoms with Gasteiger partial charge in [0, 0.05) is 10.0 Å². The average Bonchev–Trinajstić information content (AvgIpc) is 2.40. The van der Waals surface area contributed by atoms with Gasteiger partial charge in [-0.1, -0.05) is 15.9 Å². The Morgan fingerprint density at radius 3 is 2.68 bits per heavy atom. The molecule has 0 saturated carbocycles. The summed E-state index contributed by atoms with van der Waals surface area (Å²) in [7, 11) is 0.